The van der Waals surface area contributed by atoms with Crippen LogP contribution in [0.4, 0.5) is 0 Å². The van der Waals surface area contributed by atoms with E-state index < -0.39 is 18.1 Å². The fourth-order valence-electron chi connectivity index (χ4n) is 3.19. The molecule has 0 unspecified atom stereocenters. The molecule has 2 atom stereocenters. The average molecular weight is 342 g/mol. The predicted octanol–water partition coefficient (Wildman–Crippen LogP) is 1.19. The third-order valence-corrected chi connectivity index (χ3v) is 4.49. The van der Waals surface area contributed by atoms with Crippen LogP contribution in [0.1, 0.15) is 24.1 Å². The van der Waals surface area contributed by atoms with Crippen molar-refractivity contribution in [3.8, 4) is 0 Å². The summed E-state index contributed by atoms with van der Waals surface area (Å²) in [5, 5.41) is 12.6. The molecule has 0 radical (unpaired) electrons. The van der Waals surface area contributed by atoms with Crippen molar-refractivity contribution in [2.24, 2.45) is 0 Å². The van der Waals surface area contributed by atoms with Gasteiger partial charge in [-0.15, -0.1) is 0 Å². The zero-order valence-electron chi connectivity index (χ0n) is 13.9. The number of nitrogens with one attached hydrogen (secondary N) is 2. The zero-order valence-corrected chi connectivity index (χ0v) is 13.9. The molecule has 1 aliphatic rings. The molecule has 0 spiro atoms. The van der Waals surface area contributed by atoms with E-state index in [1.165, 1.54) is 4.90 Å². The van der Waals surface area contributed by atoms with Crippen LogP contribution in [0.5, 0.6) is 0 Å². The Labute approximate surface area is 146 Å². The number of carbonyl (C=O) groups is 2. The molecular weight excluding hydrogens is 320 g/mol. The van der Waals surface area contributed by atoms with Crippen LogP contribution in [0, 0.1) is 0 Å². The van der Waals surface area contributed by atoms with E-state index in [4.69, 9.17) is 0 Å². The predicted molar refractivity (Wildman–Crippen MR) is 91.7 cm³/mol. The van der Waals surface area contributed by atoms with Crippen LogP contribution < -0.4 is 5.32 Å². The Morgan fingerprint density at radius 3 is 2.84 bits per heavy atom. The van der Waals surface area contributed by atoms with Gasteiger partial charge >= 0.3 is 5.97 Å². The SMILES string of the molecule is O=C(O)[C@@H]1CCCN1C(=O)[C@H](Cc1cnc[nH]1)NCc1ccccc1. The van der Waals surface area contributed by atoms with E-state index in [9.17, 15) is 14.7 Å². The standard InChI is InChI=1S/C18H22N4O3/c23-17(22-8-4-7-16(22)18(24)25)15(9-14-11-19-12-21-14)20-10-13-5-2-1-3-6-13/h1-3,5-6,11-12,15-16,20H,4,7-10H2,(H,19,21)(H,24,25)/t15-,16-/m0/s1. The molecule has 3 rings (SSSR count). The molecule has 1 aromatic heterocycles. The molecular formula is C18H22N4O3. The highest BCUT2D eigenvalue weighted by molar-refractivity contribution is 5.87. The molecule has 1 amide bonds. The highest BCUT2D eigenvalue weighted by Gasteiger charge is 2.37. The third kappa shape index (κ3) is 4.24. The average Bonchev–Trinajstić information content (AvgIpc) is 3.30. The van der Waals surface area contributed by atoms with Gasteiger partial charge in [0.15, 0.2) is 0 Å². The summed E-state index contributed by atoms with van der Waals surface area (Å²) in [6.07, 6.45) is 4.93. The lowest BCUT2D eigenvalue weighted by Gasteiger charge is -2.27. The van der Waals surface area contributed by atoms with Gasteiger partial charge in [0.25, 0.3) is 0 Å². The molecule has 1 saturated heterocycles. The molecule has 0 bridgehead atoms. The summed E-state index contributed by atoms with van der Waals surface area (Å²) < 4.78 is 0. The van der Waals surface area contributed by atoms with Crippen molar-refractivity contribution in [3.63, 3.8) is 0 Å². The number of hydrogen-bond donors (Lipinski definition) is 3. The number of amides is 1. The number of imidazole rings is 1. The van der Waals surface area contributed by atoms with E-state index >= 15 is 0 Å². The van der Waals surface area contributed by atoms with Crippen LogP contribution in [0.3, 0.4) is 0 Å². The Bertz CT molecular complexity index is 702. The second-order valence-corrected chi connectivity index (χ2v) is 6.23. The topological polar surface area (TPSA) is 98.3 Å². The Balaban J connectivity index is 1.73. The molecule has 1 fully saturated rings. The van der Waals surface area contributed by atoms with Gasteiger partial charge in [-0.1, -0.05) is 30.3 Å². The number of likely N-dealkylation sites (tertiary alicyclic amines) is 1. The van der Waals surface area contributed by atoms with Crippen molar-refractivity contribution in [2.45, 2.75) is 37.9 Å². The van der Waals surface area contributed by atoms with Gasteiger partial charge in [-0.3, -0.25) is 4.79 Å². The van der Waals surface area contributed by atoms with E-state index in [1.807, 2.05) is 30.3 Å². The maximum absolute atomic E-state index is 13.0. The molecule has 2 aromatic rings. The number of benzene rings is 1. The Morgan fingerprint density at radius 1 is 1.36 bits per heavy atom. The normalized spacial score (nSPS) is 18.2. The fourth-order valence-corrected chi connectivity index (χ4v) is 3.19. The van der Waals surface area contributed by atoms with Crippen LogP contribution >= 0.6 is 0 Å². The van der Waals surface area contributed by atoms with E-state index in [2.05, 4.69) is 15.3 Å². The van der Waals surface area contributed by atoms with Gasteiger partial charge in [0.2, 0.25) is 5.91 Å². The molecule has 7 nitrogen and oxygen atoms in total. The maximum atomic E-state index is 13.0. The molecule has 2 heterocycles. The lowest BCUT2D eigenvalue weighted by Crippen LogP contribution is -2.51. The molecule has 25 heavy (non-hydrogen) atoms. The van der Waals surface area contributed by atoms with Crippen LogP contribution in [-0.4, -0.2) is 50.5 Å². The summed E-state index contributed by atoms with van der Waals surface area (Å²) in [4.78, 5) is 32.9. The molecule has 1 aliphatic heterocycles. The largest absolute Gasteiger partial charge is 0.480 e. The van der Waals surface area contributed by atoms with Crippen LogP contribution in [0.2, 0.25) is 0 Å². The first kappa shape index (κ1) is 17.2. The number of aliphatic carboxylic acids is 1. The lowest BCUT2D eigenvalue weighted by atomic mass is 10.1. The zero-order chi connectivity index (χ0) is 17.6. The first-order valence-corrected chi connectivity index (χ1v) is 8.43. The van der Waals surface area contributed by atoms with E-state index in [0.29, 0.717) is 25.9 Å². The van der Waals surface area contributed by atoms with E-state index in [-0.39, 0.29) is 5.91 Å². The Hall–Kier alpha value is -2.67. The Kier molecular flexibility index (Phi) is 5.45. The van der Waals surface area contributed by atoms with Gasteiger partial charge in [0.1, 0.15) is 6.04 Å². The number of carbonyl (C=O) groups excluding carboxylic acids is 1. The van der Waals surface area contributed by atoms with Crippen molar-refractivity contribution >= 4 is 11.9 Å². The lowest BCUT2D eigenvalue weighted by molar-refractivity contribution is -0.149. The summed E-state index contributed by atoms with van der Waals surface area (Å²) in [7, 11) is 0. The Morgan fingerprint density at radius 2 is 2.16 bits per heavy atom. The molecule has 0 saturated carbocycles. The molecule has 3 N–H and O–H groups in total. The number of carboxylic acids is 1. The van der Waals surface area contributed by atoms with Crippen molar-refractivity contribution in [1.29, 1.82) is 0 Å². The highest BCUT2D eigenvalue weighted by Crippen LogP contribution is 2.19. The minimum Gasteiger partial charge on any atom is -0.480 e. The van der Waals surface area contributed by atoms with Crippen molar-refractivity contribution in [2.75, 3.05) is 6.54 Å². The fraction of sp³-hybridized carbons (Fsp3) is 0.389. The van der Waals surface area contributed by atoms with Crippen LogP contribution in [0.15, 0.2) is 42.9 Å². The van der Waals surface area contributed by atoms with Gasteiger partial charge in [-0.05, 0) is 18.4 Å². The number of nitrogens with zero attached hydrogens (tertiary/aromatic N) is 2. The molecule has 1 aromatic carbocycles. The first-order chi connectivity index (χ1) is 12.1. The summed E-state index contributed by atoms with van der Waals surface area (Å²) >= 11 is 0. The summed E-state index contributed by atoms with van der Waals surface area (Å²) in [5.41, 5.74) is 1.91. The minimum absolute atomic E-state index is 0.171. The highest BCUT2D eigenvalue weighted by atomic mass is 16.4. The number of aromatic amines is 1. The van der Waals surface area contributed by atoms with Crippen molar-refractivity contribution < 1.29 is 14.7 Å². The number of H-pyrrole nitrogens is 1. The molecule has 0 aliphatic carbocycles. The number of rotatable bonds is 7. The monoisotopic (exact) mass is 342 g/mol. The van der Waals surface area contributed by atoms with Gasteiger partial charge in [0, 0.05) is 31.4 Å². The van der Waals surface area contributed by atoms with E-state index in [1.54, 1.807) is 12.5 Å². The number of aromatic nitrogens is 2. The van der Waals surface area contributed by atoms with Crippen molar-refractivity contribution in [1.82, 2.24) is 20.2 Å². The van der Waals surface area contributed by atoms with E-state index in [0.717, 1.165) is 17.7 Å². The van der Waals surface area contributed by atoms with Crippen molar-refractivity contribution in [3.05, 3.63) is 54.1 Å². The number of hydrogen-bond acceptors (Lipinski definition) is 4. The molecule has 132 valence electrons. The van der Waals surface area contributed by atoms with Gasteiger partial charge < -0.3 is 20.3 Å². The molecule has 7 heteroatoms. The minimum atomic E-state index is -0.936. The van der Waals surface area contributed by atoms with Gasteiger partial charge in [-0.2, -0.15) is 0 Å². The second kappa shape index (κ2) is 7.94. The smallest absolute Gasteiger partial charge is 0.326 e. The summed E-state index contributed by atoms with van der Waals surface area (Å²) in [5.74, 6) is -1.11. The summed E-state index contributed by atoms with van der Waals surface area (Å²) in [6, 6.07) is 8.59. The van der Waals surface area contributed by atoms with Crippen LogP contribution in [-0.2, 0) is 22.6 Å². The first-order valence-electron chi connectivity index (χ1n) is 8.43. The third-order valence-electron chi connectivity index (χ3n) is 4.49. The number of carboxylic acid groups (broad SMARTS) is 1. The summed E-state index contributed by atoms with van der Waals surface area (Å²) in [6.45, 7) is 1.03. The van der Waals surface area contributed by atoms with Gasteiger partial charge in [0.05, 0.1) is 12.4 Å². The maximum Gasteiger partial charge on any atom is 0.326 e. The quantitative estimate of drug-likeness (QED) is 0.702. The van der Waals surface area contributed by atoms with Gasteiger partial charge in [-0.25, -0.2) is 9.78 Å². The second-order valence-electron chi connectivity index (χ2n) is 6.23. The van der Waals surface area contributed by atoms with Crippen LogP contribution in [0.25, 0.3) is 0 Å².